The van der Waals surface area contributed by atoms with Gasteiger partial charge in [0.1, 0.15) is 17.4 Å². The summed E-state index contributed by atoms with van der Waals surface area (Å²) < 4.78 is 1.73. The smallest absolute Gasteiger partial charge is 0.190 e. The second kappa shape index (κ2) is 9.90. The minimum atomic E-state index is -0.290. The fourth-order valence-electron chi connectivity index (χ4n) is 5.38. The Morgan fingerprint density at radius 1 is 1.20 bits per heavy atom. The Morgan fingerprint density at radius 2 is 2.00 bits per heavy atom. The summed E-state index contributed by atoms with van der Waals surface area (Å²) in [5, 5.41) is 25.0. The lowest BCUT2D eigenvalue weighted by atomic mass is 9.80. The lowest BCUT2D eigenvalue weighted by molar-refractivity contribution is 0.0725. The summed E-state index contributed by atoms with van der Waals surface area (Å²) in [6.07, 6.45) is 3.87. The highest BCUT2D eigenvalue weighted by Gasteiger charge is 2.37. The minimum absolute atomic E-state index is 0.248. The van der Waals surface area contributed by atoms with E-state index in [9.17, 15) is 10.4 Å². The number of fused-ring (bicyclic) bond motifs is 1. The highest BCUT2D eigenvalue weighted by molar-refractivity contribution is 6.35. The Morgan fingerprint density at radius 3 is 2.71 bits per heavy atom. The van der Waals surface area contributed by atoms with Gasteiger partial charge in [0, 0.05) is 36.2 Å². The molecule has 2 aliphatic heterocycles. The molecule has 1 N–H and O–H groups in total. The number of rotatable bonds is 6. The standard InChI is InChI=1S/C25H29Cl2N7O/c1-15(35)11-32-7-3-4-17(12-32)18-13-33(14-18)23-10-29-24-22(9-28)31-34(25(24)30-23)16(2)20-6-5-19(26)8-21(20)27/h5-6,8,10,15-18,35H,3-4,7,11-14H2,1-2H3/t15-,16-,17-/m1/s1. The number of halogens is 2. The number of aliphatic hydroxyl groups excluding tert-OH is 1. The normalized spacial score (nSPS) is 21.0. The molecule has 2 saturated heterocycles. The topological polar surface area (TPSA) is 94.1 Å². The van der Waals surface area contributed by atoms with Gasteiger partial charge < -0.3 is 14.9 Å². The first kappa shape index (κ1) is 24.3. The van der Waals surface area contributed by atoms with Crippen LogP contribution >= 0.6 is 23.2 Å². The molecule has 0 amide bonds. The van der Waals surface area contributed by atoms with Crippen LogP contribution in [0.1, 0.15) is 44.0 Å². The Hall–Kier alpha value is -2.44. The number of benzene rings is 1. The van der Waals surface area contributed by atoms with Gasteiger partial charge in [0.2, 0.25) is 0 Å². The Labute approximate surface area is 215 Å². The predicted octanol–water partition coefficient (Wildman–Crippen LogP) is 4.14. The monoisotopic (exact) mass is 513 g/mol. The summed E-state index contributed by atoms with van der Waals surface area (Å²) in [5.41, 5.74) is 2.16. The summed E-state index contributed by atoms with van der Waals surface area (Å²) >= 11 is 12.5. The highest BCUT2D eigenvalue weighted by Crippen LogP contribution is 2.35. The van der Waals surface area contributed by atoms with Gasteiger partial charge >= 0.3 is 0 Å². The predicted molar refractivity (Wildman–Crippen MR) is 137 cm³/mol. The van der Waals surface area contributed by atoms with E-state index >= 15 is 0 Å². The summed E-state index contributed by atoms with van der Waals surface area (Å²) in [6, 6.07) is 7.26. The molecule has 10 heteroatoms. The molecule has 2 fully saturated rings. The molecule has 35 heavy (non-hydrogen) atoms. The van der Waals surface area contributed by atoms with E-state index in [2.05, 4.69) is 26.0 Å². The molecule has 5 rings (SSSR count). The zero-order chi connectivity index (χ0) is 24.7. The van der Waals surface area contributed by atoms with E-state index in [0.717, 1.165) is 44.1 Å². The second-order valence-corrected chi connectivity index (χ2v) is 10.7. The first-order chi connectivity index (χ1) is 16.8. The summed E-state index contributed by atoms with van der Waals surface area (Å²) in [4.78, 5) is 14.1. The van der Waals surface area contributed by atoms with Crippen LogP contribution in [-0.4, -0.2) is 68.6 Å². The highest BCUT2D eigenvalue weighted by atomic mass is 35.5. The Balaban J connectivity index is 1.36. The average Bonchev–Trinajstić information content (AvgIpc) is 3.16. The van der Waals surface area contributed by atoms with Crippen molar-refractivity contribution in [2.24, 2.45) is 11.8 Å². The molecule has 184 valence electrons. The lowest BCUT2D eigenvalue weighted by Crippen LogP contribution is -2.54. The number of likely N-dealkylation sites (tertiary alicyclic amines) is 1. The van der Waals surface area contributed by atoms with E-state index in [4.69, 9.17) is 28.2 Å². The summed E-state index contributed by atoms with van der Waals surface area (Å²) in [7, 11) is 0. The number of hydrogen-bond donors (Lipinski definition) is 1. The fourth-order valence-corrected chi connectivity index (χ4v) is 5.95. The van der Waals surface area contributed by atoms with Crippen LogP contribution in [0.2, 0.25) is 10.0 Å². The van der Waals surface area contributed by atoms with Crippen LogP contribution in [0.5, 0.6) is 0 Å². The van der Waals surface area contributed by atoms with Crippen LogP contribution in [0.4, 0.5) is 5.82 Å². The van der Waals surface area contributed by atoms with Crippen LogP contribution in [0.25, 0.3) is 11.2 Å². The molecule has 3 aromatic rings. The number of aromatic nitrogens is 4. The first-order valence-corrected chi connectivity index (χ1v) is 12.8. The van der Waals surface area contributed by atoms with E-state index in [0.29, 0.717) is 33.0 Å². The van der Waals surface area contributed by atoms with Gasteiger partial charge in [-0.15, -0.1) is 0 Å². The van der Waals surface area contributed by atoms with Gasteiger partial charge in [-0.2, -0.15) is 10.4 Å². The van der Waals surface area contributed by atoms with Crippen molar-refractivity contribution in [3.8, 4) is 6.07 Å². The minimum Gasteiger partial charge on any atom is -0.392 e. The van der Waals surface area contributed by atoms with Crippen molar-refractivity contribution in [1.82, 2.24) is 24.6 Å². The van der Waals surface area contributed by atoms with Gasteiger partial charge in [0.15, 0.2) is 11.3 Å². The molecule has 1 aromatic carbocycles. The third kappa shape index (κ3) is 4.83. The third-order valence-electron chi connectivity index (χ3n) is 7.24. The summed E-state index contributed by atoms with van der Waals surface area (Å²) in [6.45, 7) is 8.56. The first-order valence-electron chi connectivity index (χ1n) is 12.1. The maximum Gasteiger partial charge on any atom is 0.190 e. The van der Waals surface area contributed by atoms with Crippen molar-refractivity contribution in [3.63, 3.8) is 0 Å². The van der Waals surface area contributed by atoms with Crippen molar-refractivity contribution >= 4 is 40.2 Å². The molecule has 0 bridgehead atoms. The second-order valence-electron chi connectivity index (χ2n) is 9.82. The summed E-state index contributed by atoms with van der Waals surface area (Å²) in [5.74, 6) is 2.04. The van der Waals surface area contributed by atoms with Crippen molar-refractivity contribution in [2.45, 2.75) is 38.8 Å². The van der Waals surface area contributed by atoms with Crippen molar-refractivity contribution in [3.05, 3.63) is 45.7 Å². The molecule has 8 nitrogen and oxygen atoms in total. The van der Waals surface area contributed by atoms with Crippen LogP contribution < -0.4 is 4.90 Å². The average molecular weight is 514 g/mol. The maximum atomic E-state index is 9.75. The molecule has 4 heterocycles. The van der Waals surface area contributed by atoms with Gasteiger partial charge in [-0.1, -0.05) is 29.3 Å². The van der Waals surface area contributed by atoms with Crippen LogP contribution in [-0.2, 0) is 0 Å². The third-order valence-corrected chi connectivity index (χ3v) is 7.80. The number of nitrogens with zero attached hydrogens (tertiary/aromatic N) is 7. The molecule has 2 aliphatic rings. The molecular formula is C25H29Cl2N7O. The molecule has 3 atom stereocenters. The number of anilines is 1. The van der Waals surface area contributed by atoms with Gasteiger partial charge in [-0.25, -0.2) is 14.6 Å². The Bertz CT molecular complexity index is 1260. The lowest BCUT2D eigenvalue weighted by Gasteiger charge is -2.47. The number of β-amino-alcohol motifs (C(OH)–C–C–N with tert-alkyl or cyclic N) is 1. The molecule has 0 unspecified atom stereocenters. The molecule has 0 saturated carbocycles. The van der Waals surface area contributed by atoms with Crippen LogP contribution in [0.15, 0.2) is 24.4 Å². The van der Waals surface area contributed by atoms with Gasteiger partial charge in [0.25, 0.3) is 0 Å². The van der Waals surface area contributed by atoms with E-state index in [1.165, 1.54) is 12.8 Å². The molecule has 2 aromatic heterocycles. The number of hydrogen-bond acceptors (Lipinski definition) is 7. The van der Waals surface area contributed by atoms with E-state index < -0.39 is 0 Å². The van der Waals surface area contributed by atoms with Gasteiger partial charge in [0.05, 0.1) is 18.3 Å². The van der Waals surface area contributed by atoms with E-state index in [1.807, 2.05) is 19.9 Å². The zero-order valence-electron chi connectivity index (χ0n) is 19.9. The van der Waals surface area contributed by atoms with E-state index in [-0.39, 0.29) is 17.8 Å². The van der Waals surface area contributed by atoms with Crippen molar-refractivity contribution in [1.29, 1.82) is 5.26 Å². The molecule has 0 radical (unpaired) electrons. The Kier molecular flexibility index (Phi) is 6.86. The van der Waals surface area contributed by atoms with Crippen molar-refractivity contribution < 1.29 is 5.11 Å². The SMILES string of the molecule is C[C@H](c1ccc(Cl)cc1Cl)n1nc(C#N)c2ncc(N3CC([C@@H]4CCCN(C[C@@H](C)O)C4)C3)nc21. The van der Waals surface area contributed by atoms with Gasteiger partial charge in [-0.3, -0.25) is 0 Å². The van der Waals surface area contributed by atoms with E-state index in [1.54, 1.807) is 23.0 Å². The quantitative estimate of drug-likeness (QED) is 0.528. The maximum absolute atomic E-state index is 9.75. The molecule has 0 spiro atoms. The van der Waals surface area contributed by atoms with Crippen molar-refractivity contribution in [2.75, 3.05) is 37.6 Å². The number of aliphatic hydroxyl groups is 1. The molecular weight excluding hydrogens is 485 g/mol. The zero-order valence-corrected chi connectivity index (χ0v) is 21.4. The molecule has 0 aliphatic carbocycles. The van der Waals surface area contributed by atoms with Crippen LogP contribution in [0.3, 0.4) is 0 Å². The van der Waals surface area contributed by atoms with Crippen LogP contribution in [0, 0.1) is 23.2 Å². The largest absolute Gasteiger partial charge is 0.392 e. The number of nitriles is 1. The fraction of sp³-hybridized carbons (Fsp3) is 0.520. The van der Waals surface area contributed by atoms with Gasteiger partial charge in [-0.05, 0) is 62.8 Å². The number of piperidine rings is 1.